The number of fused-ring (bicyclic) bond motifs is 4. The lowest BCUT2D eigenvalue weighted by Crippen LogP contribution is -2.27. The first-order valence-electron chi connectivity index (χ1n) is 15.6. The zero-order valence-electron chi connectivity index (χ0n) is 27.1. The molecule has 0 saturated carbocycles. The molecule has 0 saturated heterocycles. The van der Waals surface area contributed by atoms with Crippen molar-refractivity contribution < 1.29 is 19.1 Å². The number of anilines is 2. The van der Waals surface area contributed by atoms with Crippen LogP contribution in [0.25, 0.3) is 12.2 Å². The number of ether oxygens (including phenoxy) is 2. The molecule has 0 aliphatic heterocycles. The summed E-state index contributed by atoms with van der Waals surface area (Å²) in [4.78, 5) is 26.1. The molecule has 2 aliphatic carbocycles. The maximum Gasteiger partial charge on any atom is 0.359 e. The Balaban J connectivity index is 1.32. The zero-order valence-corrected chi connectivity index (χ0v) is 27.1. The van der Waals surface area contributed by atoms with Crippen LogP contribution >= 0.6 is 0 Å². The monoisotopic (exact) mass is 628 g/mol. The van der Waals surface area contributed by atoms with Gasteiger partial charge >= 0.3 is 11.9 Å². The number of nitrogen functional groups attached to an aromatic ring is 2. The van der Waals surface area contributed by atoms with Crippen LogP contribution in [0.15, 0.2) is 96.3 Å². The van der Waals surface area contributed by atoms with Gasteiger partial charge in [-0.3, -0.25) is 0 Å². The lowest BCUT2D eigenvalue weighted by molar-refractivity contribution is -0.131. The molecule has 4 aromatic rings. The second-order valence-electron chi connectivity index (χ2n) is 13.9. The van der Waals surface area contributed by atoms with Crippen molar-refractivity contribution >= 4 is 35.5 Å². The second kappa shape index (κ2) is 11.4. The normalized spacial score (nSPS) is 17.2. The summed E-state index contributed by atoms with van der Waals surface area (Å²) in [6.07, 6.45) is 4.80. The Kier molecular flexibility index (Phi) is 7.63. The minimum Gasteiger partial charge on any atom is -0.422 e. The minimum atomic E-state index is -0.640. The van der Waals surface area contributed by atoms with E-state index >= 15 is 0 Å². The topological polar surface area (TPSA) is 157 Å². The number of rotatable bonds is 6. The fourth-order valence-electron chi connectivity index (χ4n) is 7.43. The van der Waals surface area contributed by atoms with E-state index in [9.17, 15) is 9.59 Å². The van der Waals surface area contributed by atoms with Gasteiger partial charge in [0.2, 0.25) is 0 Å². The van der Waals surface area contributed by atoms with Gasteiger partial charge in [0.15, 0.2) is 0 Å². The predicted molar refractivity (Wildman–Crippen MR) is 186 cm³/mol. The van der Waals surface area contributed by atoms with Crippen molar-refractivity contribution in [1.29, 1.82) is 0 Å². The highest BCUT2D eigenvalue weighted by Gasteiger charge is 2.56. The van der Waals surface area contributed by atoms with Gasteiger partial charge in [-0.25, -0.2) is 9.59 Å². The summed E-state index contributed by atoms with van der Waals surface area (Å²) in [5.74, 6) is -0.458. The number of hydrogen-bond acceptors (Lipinski definition) is 8. The summed E-state index contributed by atoms with van der Waals surface area (Å²) < 4.78 is 11.6. The van der Waals surface area contributed by atoms with Crippen LogP contribution < -0.4 is 32.4 Å². The summed E-state index contributed by atoms with van der Waals surface area (Å²) in [5, 5.41) is 0. The summed E-state index contributed by atoms with van der Waals surface area (Å²) in [6.45, 7) is 8.93. The molecule has 47 heavy (non-hydrogen) atoms. The average Bonchev–Trinajstić information content (AvgIpc) is 3.38. The van der Waals surface area contributed by atoms with Crippen molar-refractivity contribution in [2.45, 2.75) is 56.8 Å². The third-order valence-corrected chi connectivity index (χ3v) is 9.37. The second-order valence-corrected chi connectivity index (χ2v) is 13.9. The maximum absolute atomic E-state index is 13.0. The fraction of sp³-hybridized carbons (Fsp3) is 0.231. The Morgan fingerprint density at radius 1 is 0.574 bits per heavy atom. The molecule has 8 heteroatoms. The van der Waals surface area contributed by atoms with E-state index in [-0.39, 0.29) is 22.2 Å². The SMILES string of the molecule is CC1(C)CC2(CC(C)(C)c3ccc(OC(=O)/C(N)=C/c4ccc(N)cc4)cc32)c2cc(OC(=O)/C(N)=C/c3ccc(N)cc3)ccc21. The van der Waals surface area contributed by atoms with Crippen molar-refractivity contribution in [2.24, 2.45) is 11.5 Å². The molecule has 2 aliphatic rings. The average molecular weight is 629 g/mol. The minimum absolute atomic E-state index is 0.0196. The van der Waals surface area contributed by atoms with Gasteiger partial charge in [0.1, 0.15) is 22.9 Å². The Morgan fingerprint density at radius 2 is 0.936 bits per heavy atom. The van der Waals surface area contributed by atoms with Crippen LogP contribution in [0.3, 0.4) is 0 Å². The van der Waals surface area contributed by atoms with Crippen LogP contribution in [0.1, 0.15) is 73.9 Å². The zero-order chi connectivity index (χ0) is 33.7. The highest BCUT2D eigenvalue weighted by Crippen LogP contribution is 2.63. The number of esters is 2. The van der Waals surface area contributed by atoms with E-state index in [1.54, 1.807) is 60.7 Å². The third-order valence-electron chi connectivity index (χ3n) is 9.37. The van der Waals surface area contributed by atoms with Gasteiger partial charge in [0.25, 0.3) is 0 Å². The van der Waals surface area contributed by atoms with Gasteiger partial charge in [-0.1, -0.05) is 64.1 Å². The van der Waals surface area contributed by atoms with E-state index in [4.69, 9.17) is 32.4 Å². The molecule has 4 aromatic carbocycles. The molecule has 0 aromatic heterocycles. The van der Waals surface area contributed by atoms with Crippen LogP contribution in [-0.4, -0.2) is 11.9 Å². The Bertz CT molecular complexity index is 1810. The molecule has 8 N–H and O–H groups in total. The summed E-state index contributed by atoms with van der Waals surface area (Å²) in [5.41, 5.74) is 30.3. The Morgan fingerprint density at radius 3 is 1.30 bits per heavy atom. The van der Waals surface area contributed by atoms with Gasteiger partial charge in [-0.05, 0) is 118 Å². The number of carbonyl (C=O) groups is 2. The van der Waals surface area contributed by atoms with Crippen LogP contribution in [0.4, 0.5) is 11.4 Å². The Hall–Kier alpha value is -5.50. The van der Waals surface area contributed by atoms with Crippen molar-refractivity contribution in [1.82, 2.24) is 0 Å². The fourth-order valence-corrected chi connectivity index (χ4v) is 7.43. The molecule has 0 amide bonds. The molecule has 240 valence electrons. The molecule has 1 spiro atoms. The molecule has 0 radical (unpaired) electrons. The molecular weight excluding hydrogens is 588 g/mol. The van der Waals surface area contributed by atoms with Crippen molar-refractivity contribution in [3.63, 3.8) is 0 Å². The lowest BCUT2D eigenvalue weighted by Gasteiger charge is -2.30. The van der Waals surface area contributed by atoms with Crippen molar-refractivity contribution in [3.05, 3.63) is 130 Å². The molecule has 0 bridgehead atoms. The first-order chi connectivity index (χ1) is 22.2. The molecule has 0 heterocycles. The van der Waals surface area contributed by atoms with E-state index < -0.39 is 17.4 Å². The third kappa shape index (κ3) is 5.94. The van der Waals surface area contributed by atoms with E-state index in [1.165, 1.54) is 11.1 Å². The van der Waals surface area contributed by atoms with Crippen LogP contribution in [-0.2, 0) is 25.8 Å². The van der Waals surface area contributed by atoms with Gasteiger partial charge in [-0.2, -0.15) is 0 Å². The first-order valence-corrected chi connectivity index (χ1v) is 15.6. The molecular formula is C39H40N4O4. The summed E-state index contributed by atoms with van der Waals surface area (Å²) in [6, 6.07) is 25.8. The van der Waals surface area contributed by atoms with Crippen molar-refractivity contribution in [2.75, 3.05) is 11.5 Å². The number of benzene rings is 4. The molecule has 0 atom stereocenters. The van der Waals surface area contributed by atoms with Gasteiger partial charge in [0.05, 0.1) is 0 Å². The summed E-state index contributed by atoms with van der Waals surface area (Å²) >= 11 is 0. The number of nitrogens with two attached hydrogens (primary N) is 4. The quantitative estimate of drug-likeness (QED) is 0.0838. The predicted octanol–water partition coefficient (Wildman–Crippen LogP) is 6.31. The molecule has 8 nitrogen and oxygen atoms in total. The van der Waals surface area contributed by atoms with E-state index in [0.717, 1.165) is 35.1 Å². The van der Waals surface area contributed by atoms with E-state index in [1.807, 2.05) is 36.4 Å². The van der Waals surface area contributed by atoms with Crippen LogP contribution in [0.5, 0.6) is 11.5 Å². The standard InChI is InChI=1S/C39H40N4O4/c1-37(2)21-39(31-19-27(13-15-29(31)37)46-35(44)33(42)17-23-5-9-25(40)10-6-23)22-38(3,4)30-16-14-28(20-32(30)39)47-36(45)34(43)18-24-7-11-26(41)12-8-24/h5-20H,21-22,40-43H2,1-4H3/b33-17-,34-18-. The van der Waals surface area contributed by atoms with Gasteiger partial charge < -0.3 is 32.4 Å². The molecule has 0 fully saturated rings. The highest BCUT2D eigenvalue weighted by molar-refractivity contribution is 5.95. The summed E-state index contributed by atoms with van der Waals surface area (Å²) in [7, 11) is 0. The smallest absolute Gasteiger partial charge is 0.359 e. The van der Waals surface area contributed by atoms with Crippen molar-refractivity contribution in [3.8, 4) is 11.5 Å². The van der Waals surface area contributed by atoms with Crippen LogP contribution in [0, 0.1) is 0 Å². The molecule has 0 unspecified atom stereocenters. The number of carbonyl (C=O) groups excluding carboxylic acids is 2. The largest absolute Gasteiger partial charge is 0.422 e. The Labute approximate surface area is 275 Å². The van der Waals surface area contributed by atoms with E-state index in [0.29, 0.717) is 22.9 Å². The lowest BCUT2D eigenvalue weighted by atomic mass is 9.72. The first kappa shape index (κ1) is 31.5. The van der Waals surface area contributed by atoms with E-state index in [2.05, 4.69) is 27.7 Å². The highest BCUT2D eigenvalue weighted by atomic mass is 16.5. The maximum atomic E-state index is 13.0. The van der Waals surface area contributed by atoms with Crippen LogP contribution in [0.2, 0.25) is 0 Å². The molecule has 6 rings (SSSR count). The number of hydrogen-bond donors (Lipinski definition) is 4. The van der Waals surface area contributed by atoms with Gasteiger partial charge in [-0.15, -0.1) is 0 Å². The van der Waals surface area contributed by atoms with Gasteiger partial charge in [0, 0.05) is 16.8 Å².